The number of aromatic nitrogens is 2. The molecule has 11 nitrogen and oxygen atoms in total. The Morgan fingerprint density at radius 3 is 2.25 bits per heavy atom. The molecule has 0 atom stereocenters. The first kappa shape index (κ1) is 22.2. The van der Waals surface area contributed by atoms with Crippen molar-refractivity contribution in [3.05, 3.63) is 76.1 Å². The molecule has 2 aromatic carbocycles. The molecule has 0 aliphatic carbocycles. The van der Waals surface area contributed by atoms with Gasteiger partial charge in [-0.3, -0.25) is 10.1 Å². The number of hydrogen-bond acceptors (Lipinski definition) is 10. The van der Waals surface area contributed by atoms with Crippen LogP contribution in [0.5, 0.6) is 11.6 Å². The number of para-hydroxylation sites is 1. The van der Waals surface area contributed by atoms with E-state index in [1.54, 1.807) is 18.2 Å². The second kappa shape index (κ2) is 9.51. The van der Waals surface area contributed by atoms with Gasteiger partial charge in [0.05, 0.1) is 36.0 Å². The molecular formula is C21H18N4O7. The minimum absolute atomic E-state index is 0.0949. The van der Waals surface area contributed by atoms with Crippen LogP contribution in [0.15, 0.2) is 54.9 Å². The summed E-state index contributed by atoms with van der Waals surface area (Å²) in [5.74, 6) is -1.33. The van der Waals surface area contributed by atoms with Crippen LogP contribution in [0, 0.1) is 10.1 Å². The zero-order valence-corrected chi connectivity index (χ0v) is 17.3. The zero-order chi connectivity index (χ0) is 23.3. The average molecular weight is 438 g/mol. The van der Waals surface area contributed by atoms with Gasteiger partial charge in [0.15, 0.2) is 0 Å². The van der Waals surface area contributed by atoms with Crippen LogP contribution < -0.4 is 9.64 Å². The summed E-state index contributed by atoms with van der Waals surface area (Å²) in [6, 6.07) is 12.3. The molecule has 11 heteroatoms. The summed E-state index contributed by atoms with van der Waals surface area (Å²) in [5, 5.41) is 11.9. The Labute approximate surface area is 182 Å². The number of ether oxygens (including phenoxy) is 3. The second-order valence-corrected chi connectivity index (χ2v) is 6.29. The highest BCUT2D eigenvalue weighted by molar-refractivity contribution is 5.97. The molecule has 0 aliphatic heterocycles. The van der Waals surface area contributed by atoms with E-state index in [2.05, 4.69) is 14.7 Å². The van der Waals surface area contributed by atoms with Gasteiger partial charge in [0.2, 0.25) is 5.82 Å². The number of nitrogens with zero attached hydrogens (tertiary/aromatic N) is 4. The molecule has 0 unspecified atom stereocenters. The van der Waals surface area contributed by atoms with Gasteiger partial charge in [-0.2, -0.15) is 4.98 Å². The fourth-order valence-electron chi connectivity index (χ4n) is 2.89. The van der Waals surface area contributed by atoms with Crippen LogP contribution in [0.3, 0.4) is 0 Å². The maximum absolute atomic E-state index is 12.1. The largest absolute Gasteiger partial charge is 0.465 e. The van der Waals surface area contributed by atoms with Crippen LogP contribution >= 0.6 is 0 Å². The van der Waals surface area contributed by atoms with Crippen LogP contribution in [0.2, 0.25) is 0 Å². The summed E-state index contributed by atoms with van der Waals surface area (Å²) in [6.07, 6.45) is 1.11. The van der Waals surface area contributed by atoms with E-state index < -0.39 is 22.5 Å². The fraction of sp³-hybridized carbons (Fsp3) is 0.143. The Balaban J connectivity index is 2.01. The number of methoxy groups -OCH3 is 2. The lowest BCUT2D eigenvalue weighted by atomic mass is 10.1. The molecule has 0 bridgehead atoms. The van der Waals surface area contributed by atoms with E-state index in [-0.39, 0.29) is 28.6 Å². The van der Waals surface area contributed by atoms with Crippen LogP contribution in [0.1, 0.15) is 20.7 Å². The SMILES string of the molecule is COC(=O)c1ccc(Oc2ncnc(N(C)c3ccccc3C(=O)OC)c2[N+](=O)[O-])cc1. The van der Waals surface area contributed by atoms with E-state index in [1.165, 1.54) is 56.5 Å². The first-order valence-corrected chi connectivity index (χ1v) is 9.14. The summed E-state index contributed by atoms with van der Waals surface area (Å²) in [6.45, 7) is 0. The summed E-state index contributed by atoms with van der Waals surface area (Å²) >= 11 is 0. The first-order valence-electron chi connectivity index (χ1n) is 9.14. The Hall–Kier alpha value is -4.54. The molecular weight excluding hydrogens is 420 g/mol. The third-order valence-corrected chi connectivity index (χ3v) is 4.43. The van der Waals surface area contributed by atoms with Gasteiger partial charge in [0.1, 0.15) is 12.1 Å². The molecule has 164 valence electrons. The number of carbonyl (C=O) groups is 2. The predicted octanol–water partition coefficient (Wildman–Crippen LogP) is 3.52. The molecule has 0 saturated heterocycles. The van der Waals surface area contributed by atoms with Crippen LogP contribution in [0.4, 0.5) is 17.2 Å². The Morgan fingerprint density at radius 2 is 1.62 bits per heavy atom. The van der Waals surface area contributed by atoms with Crippen molar-refractivity contribution < 1.29 is 28.7 Å². The smallest absolute Gasteiger partial charge is 0.373 e. The molecule has 0 spiro atoms. The molecule has 32 heavy (non-hydrogen) atoms. The maximum atomic E-state index is 12.1. The number of carbonyl (C=O) groups excluding carboxylic acids is 2. The molecule has 0 N–H and O–H groups in total. The van der Waals surface area contributed by atoms with E-state index in [1.807, 2.05) is 0 Å². The molecule has 0 fully saturated rings. The van der Waals surface area contributed by atoms with Gasteiger partial charge in [-0.25, -0.2) is 14.6 Å². The highest BCUT2D eigenvalue weighted by Crippen LogP contribution is 2.39. The first-order chi connectivity index (χ1) is 15.4. The van der Waals surface area contributed by atoms with E-state index in [0.29, 0.717) is 5.69 Å². The van der Waals surface area contributed by atoms with Gasteiger partial charge in [0, 0.05) is 7.05 Å². The number of nitro groups is 1. The lowest BCUT2D eigenvalue weighted by Crippen LogP contribution is -2.18. The molecule has 1 heterocycles. The van der Waals surface area contributed by atoms with Gasteiger partial charge in [-0.15, -0.1) is 0 Å². The van der Waals surface area contributed by atoms with E-state index in [4.69, 9.17) is 9.47 Å². The van der Waals surface area contributed by atoms with Gasteiger partial charge < -0.3 is 19.1 Å². The number of rotatable bonds is 7. The number of anilines is 2. The van der Waals surface area contributed by atoms with Crippen molar-refractivity contribution >= 4 is 29.1 Å². The quantitative estimate of drug-likeness (QED) is 0.306. The predicted molar refractivity (Wildman–Crippen MR) is 112 cm³/mol. The highest BCUT2D eigenvalue weighted by atomic mass is 16.6. The molecule has 3 aromatic rings. The molecule has 0 aliphatic rings. The van der Waals surface area contributed by atoms with Crippen molar-refractivity contribution in [2.75, 3.05) is 26.2 Å². The maximum Gasteiger partial charge on any atom is 0.373 e. The third-order valence-electron chi connectivity index (χ3n) is 4.43. The lowest BCUT2D eigenvalue weighted by Gasteiger charge is -2.20. The minimum Gasteiger partial charge on any atom is -0.465 e. The topological polar surface area (TPSA) is 134 Å². The fourth-order valence-corrected chi connectivity index (χ4v) is 2.89. The third kappa shape index (κ3) is 4.46. The summed E-state index contributed by atoms with van der Waals surface area (Å²) in [4.78, 5) is 44.2. The van der Waals surface area contributed by atoms with Crippen LogP contribution in [-0.4, -0.2) is 48.1 Å². The molecule has 0 radical (unpaired) electrons. The van der Waals surface area contributed by atoms with Crippen molar-refractivity contribution in [3.8, 4) is 11.6 Å². The Kier molecular flexibility index (Phi) is 6.59. The summed E-state index contributed by atoms with van der Waals surface area (Å²) in [7, 11) is 4.02. The minimum atomic E-state index is -0.676. The van der Waals surface area contributed by atoms with Crippen LogP contribution in [0.25, 0.3) is 0 Å². The molecule has 0 saturated carbocycles. The molecule has 1 aromatic heterocycles. The van der Waals surface area contributed by atoms with E-state index >= 15 is 0 Å². The number of esters is 2. The molecule has 3 rings (SSSR count). The van der Waals surface area contributed by atoms with Crippen molar-refractivity contribution in [2.45, 2.75) is 0 Å². The van der Waals surface area contributed by atoms with Crippen molar-refractivity contribution in [1.29, 1.82) is 0 Å². The van der Waals surface area contributed by atoms with Gasteiger partial charge in [0.25, 0.3) is 0 Å². The van der Waals surface area contributed by atoms with Gasteiger partial charge in [-0.1, -0.05) is 12.1 Å². The van der Waals surface area contributed by atoms with E-state index in [0.717, 1.165) is 6.33 Å². The van der Waals surface area contributed by atoms with Crippen molar-refractivity contribution in [1.82, 2.24) is 9.97 Å². The Morgan fingerprint density at radius 1 is 0.969 bits per heavy atom. The monoisotopic (exact) mass is 438 g/mol. The van der Waals surface area contributed by atoms with E-state index in [9.17, 15) is 19.7 Å². The van der Waals surface area contributed by atoms with Crippen molar-refractivity contribution in [2.24, 2.45) is 0 Å². The number of benzene rings is 2. The van der Waals surface area contributed by atoms with Crippen molar-refractivity contribution in [3.63, 3.8) is 0 Å². The average Bonchev–Trinajstić information content (AvgIpc) is 2.82. The lowest BCUT2D eigenvalue weighted by molar-refractivity contribution is -0.385. The van der Waals surface area contributed by atoms with Crippen LogP contribution in [-0.2, 0) is 9.47 Å². The molecule has 0 amide bonds. The normalized spacial score (nSPS) is 10.2. The zero-order valence-electron chi connectivity index (χ0n) is 17.3. The summed E-state index contributed by atoms with van der Waals surface area (Å²) in [5.41, 5.74) is 0.324. The van der Waals surface area contributed by atoms with Gasteiger partial charge >= 0.3 is 23.5 Å². The summed E-state index contributed by atoms with van der Waals surface area (Å²) < 4.78 is 15.0. The van der Waals surface area contributed by atoms with Gasteiger partial charge in [-0.05, 0) is 36.4 Å². The Bertz CT molecular complexity index is 1170. The standard InChI is InChI=1S/C21H18N4O7/c1-24(16-7-5-4-6-15(16)21(27)31-3)18-17(25(28)29)19(23-12-22-18)32-14-10-8-13(9-11-14)20(26)30-2/h4-12H,1-3H3. The second-order valence-electron chi connectivity index (χ2n) is 6.29. The number of hydrogen-bond donors (Lipinski definition) is 0. The highest BCUT2D eigenvalue weighted by Gasteiger charge is 2.29.